The quantitative estimate of drug-likeness (QED) is 0.591. The Balaban J connectivity index is 1.71. The van der Waals surface area contributed by atoms with E-state index < -0.39 is 0 Å². The Bertz CT molecular complexity index is 132. The number of aliphatic hydroxyl groups excluding tert-OH is 1. The molecule has 0 spiro atoms. The summed E-state index contributed by atoms with van der Waals surface area (Å²) in [5.74, 6) is 0.737. The molecule has 1 aliphatic carbocycles. The van der Waals surface area contributed by atoms with Gasteiger partial charge < -0.3 is 15.2 Å². The van der Waals surface area contributed by atoms with Gasteiger partial charge in [0.15, 0.2) is 0 Å². The lowest BCUT2D eigenvalue weighted by Crippen LogP contribution is -2.52. The van der Waals surface area contributed by atoms with E-state index >= 15 is 0 Å². The summed E-state index contributed by atoms with van der Waals surface area (Å²) >= 11 is 0. The number of ether oxygens (including phenoxy) is 1. The second kappa shape index (κ2) is 3.09. The second-order valence-corrected chi connectivity index (χ2v) is 3.53. The van der Waals surface area contributed by atoms with E-state index in [2.05, 4.69) is 5.32 Å². The Kier molecular flexibility index (Phi) is 2.11. The Hall–Kier alpha value is -0.120. The molecule has 0 aromatic heterocycles. The highest BCUT2D eigenvalue weighted by Crippen LogP contribution is 2.32. The van der Waals surface area contributed by atoms with Gasteiger partial charge >= 0.3 is 0 Å². The average Bonchev–Trinajstić information content (AvgIpc) is 2.68. The van der Waals surface area contributed by atoms with Crippen molar-refractivity contribution in [1.82, 2.24) is 5.32 Å². The van der Waals surface area contributed by atoms with Crippen molar-refractivity contribution in [2.45, 2.75) is 24.9 Å². The maximum Gasteiger partial charge on any atom is 0.0643 e. The molecule has 2 fully saturated rings. The summed E-state index contributed by atoms with van der Waals surface area (Å²) in [5, 5.41) is 12.4. The molecule has 0 amide bonds. The van der Waals surface area contributed by atoms with Gasteiger partial charge in [0.25, 0.3) is 0 Å². The third kappa shape index (κ3) is 1.72. The first kappa shape index (κ1) is 7.53. The molecule has 1 unspecified atom stereocenters. The lowest BCUT2D eigenvalue weighted by molar-refractivity contribution is -0.0144. The van der Waals surface area contributed by atoms with Crippen LogP contribution in [0.5, 0.6) is 0 Å². The third-order valence-corrected chi connectivity index (χ3v) is 2.48. The van der Waals surface area contributed by atoms with Gasteiger partial charge in [-0.25, -0.2) is 0 Å². The topological polar surface area (TPSA) is 41.5 Å². The van der Waals surface area contributed by atoms with Gasteiger partial charge in [0.05, 0.1) is 25.9 Å². The minimum absolute atomic E-state index is 0.279. The predicted molar refractivity (Wildman–Crippen MR) is 41.3 cm³/mol. The number of nitrogens with one attached hydrogen (secondary N) is 1. The van der Waals surface area contributed by atoms with Crippen LogP contribution in [0.4, 0.5) is 0 Å². The summed E-state index contributed by atoms with van der Waals surface area (Å²) in [6.07, 6.45) is 2.57. The zero-order chi connectivity index (χ0) is 7.68. The monoisotopic (exact) mass is 157 g/mol. The van der Waals surface area contributed by atoms with Gasteiger partial charge in [0.1, 0.15) is 0 Å². The highest BCUT2D eigenvalue weighted by Gasteiger charge is 2.33. The van der Waals surface area contributed by atoms with Crippen molar-refractivity contribution < 1.29 is 9.84 Å². The molecule has 2 N–H and O–H groups in total. The van der Waals surface area contributed by atoms with Crippen LogP contribution < -0.4 is 5.32 Å². The summed E-state index contributed by atoms with van der Waals surface area (Å²) in [6, 6.07) is 0.844. The number of hydrogen-bond acceptors (Lipinski definition) is 3. The standard InChI is InChI=1S/C8H15NO2/c10-3-8(6-1-2-6)9-7-4-11-5-7/h6-10H,1-5H2. The lowest BCUT2D eigenvalue weighted by atomic mass is 10.1. The van der Waals surface area contributed by atoms with Gasteiger partial charge in [0.2, 0.25) is 0 Å². The fraction of sp³-hybridized carbons (Fsp3) is 1.00. The SMILES string of the molecule is OCC(NC1COC1)C1CC1. The van der Waals surface area contributed by atoms with Crippen LogP contribution in [-0.4, -0.2) is 37.0 Å². The lowest BCUT2D eigenvalue weighted by Gasteiger charge is -2.30. The molecule has 1 aliphatic heterocycles. The minimum atomic E-state index is 0.279. The van der Waals surface area contributed by atoms with Crippen molar-refractivity contribution in [1.29, 1.82) is 0 Å². The smallest absolute Gasteiger partial charge is 0.0643 e. The van der Waals surface area contributed by atoms with Crippen molar-refractivity contribution in [2.24, 2.45) is 5.92 Å². The van der Waals surface area contributed by atoms with Crippen LogP contribution in [0, 0.1) is 5.92 Å². The summed E-state index contributed by atoms with van der Waals surface area (Å²) in [4.78, 5) is 0. The van der Waals surface area contributed by atoms with Crippen LogP contribution in [-0.2, 0) is 4.74 Å². The largest absolute Gasteiger partial charge is 0.395 e. The van der Waals surface area contributed by atoms with Crippen LogP contribution in [0.25, 0.3) is 0 Å². The van der Waals surface area contributed by atoms with Gasteiger partial charge in [-0.2, -0.15) is 0 Å². The maximum atomic E-state index is 9.00. The minimum Gasteiger partial charge on any atom is -0.395 e. The maximum absolute atomic E-state index is 9.00. The van der Waals surface area contributed by atoms with E-state index in [0.717, 1.165) is 19.1 Å². The highest BCUT2D eigenvalue weighted by atomic mass is 16.5. The van der Waals surface area contributed by atoms with E-state index in [1.54, 1.807) is 0 Å². The molecular weight excluding hydrogens is 142 g/mol. The molecule has 0 aromatic carbocycles. The molecule has 3 heteroatoms. The van der Waals surface area contributed by atoms with Gasteiger partial charge in [-0.3, -0.25) is 0 Å². The second-order valence-electron chi connectivity index (χ2n) is 3.53. The predicted octanol–water partition coefficient (Wildman–Crippen LogP) is -0.254. The molecule has 2 aliphatic rings. The summed E-state index contributed by atoms with van der Waals surface area (Å²) < 4.78 is 5.04. The molecule has 0 bridgehead atoms. The van der Waals surface area contributed by atoms with E-state index in [1.807, 2.05) is 0 Å². The number of hydrogen-bond donors (Lipinski definition) is 2. The van der Waals surface area contributed by atoms with Gasteiger partial charge in [-0.15, -0.1) is 0 Å². The van der Waals surface area contributed by atoms with Crippen molar-refractivity contribution in [3.05, 3.63) is 0 Å². The molecule has 1 atom stereocenters. The summed E-state index contributed by atoms with van der Waals surface area (Å²) in [7, 11) is 0. The van der Waals surface area contributed by atoms with Crippen molar-refractivity contribution in [2.75, 3.05) is 19.8 Å². The Morgan fingerprint density at radius 2 is 2.18 bits per heavy atom. The fourth-order valence-corrected chi connectivity index (χ4v) is 1.47. The fourth-order valence-electron chi connectivity index (χ4n) is 1.47. The van der Waals surface area contributed by atoms with Gasteiger partial charge in [-0.05, 0) is 18.8 Å². The van der Waals surface area contributed by atoms with Gasteiger partial charge in [-0.1, -0.05) is 0 Å². The summed E-state index contributed by atoms with van der Waals surface area (Å²) in [5.41, 5.74) is 0. The highest BCUT2D eigenvalue weighted by molar-refractivity contribution is 4.89. The molecule has 1 saturated carbocycles. The molecule has 2 rings (SSSR count). The zero-order valence-electron chi connectivity index (χ0n) is 6.62. The Morgan fingerprint density at radius 3 is 2.55 bits per heavy atom. The third-order valence-electron chi connectivity index (χ3n) is 2.48. The molecular formula is C8H15NO2. The molecule has 0 radical (unpaired) electrons. The van der Waals surface area contributed by atoms with Gasteiger partial charge in [0, 0.05) is 6.04 Å². The van der Waals surface area contributed by atoms with Crippen LogP contribution in [0.1, 0.15) is 12.8 Å². The first-order valence-electron chi connectivity index (χ1n) is 4.35. The Labute approximate surface area is 66.7 Å². The van der Waals surface area contributed by atoms with Crippen molar-refractivity contribution in [3.8, 4) is 0 Å². The van der Waals surface area contributed by atoms with E-state index in [-0.39, 0.29) is 6.61 Å². The summed E-state index contributed by atoms with van der Waals surface area (Å²) in [6.45, 7) is 1.92. The van der Waals surface area contributed by atoms with Crippen molar-refractivity contribution >= 4 is 0 Å². The van der Waals surface area contributed by atoms with Crippen LogP contribution in [0.3, 0.4) is 0 Å². The number of aliphatic hydroxyl groups is 1. The molecule has 11 heavy (non-hydrogen) atoms. The average molecular weight is 157 g/mol. The van der Waals surface area contributed by atoms with E-state index in [4.69, 9.17) is 9.84 Å². The molecule has 64 valence electrons. The molecule has 0 aromatic rings. The van der Waals surface area contributed by atoms with Crippen LogP contribution >= 0.6 is 0 Å². The van der Waals surface area contributed by atoms with Crippen molar-refractivity contribution in [3.63, 3.8) is 0 Å². The van der Waals surface area contributed by atoms with E-state index in [9.17, 15) is 0 Å². The number of rotatable bonds is 4. The van der Waals surface area contributed by atoms with Crippen LogP contribution in [0.2, 0.25) is 0 Å². The molecule has 3 nitrogen and oxygen atoms in total. The van der Waals surface area contributed by atoms with E-state index in [1.165, 1.54) is 12.8 Å². The molecule has 1 heterocycles. The first-order valence-corrected chi connectivity index (χ1v) is 4.35. The first-order chi connectivity index (χ1) is 5.40. The normalized spacial score (nSPS) is 28.1. The molecule has 1 saturated heterocycles. The Morgan fingerprint density at radius 1 is 1.45 bits per heavy atom. The van der Waals surface area contributed by atoms with Crippen LogP contribution in [0.15, 0.2) is 0 Å². The van der Waals surface area contributed by atoms with E-state index in [0.29, 0.717) is 12.1 Å². The zero-order valence-corrected chi connectivity index (χ0v) is 6.62.